The second-order valence-corrected chi connectivity index (χ2v) is 8.15. The Morgan fingerprint density at radius 1 is 0.968 bits per heavy atom. The molecule has 1 N–H and O–H groups in total. The molecule has 0 bridgehead atoms. The van der Waals surface area contributed by atoms with E-state index >= 15 is 0 Å². The maximum Gasteiger partial charge on any atom is 0.256 e. The van der Waals surface area contributed by atoms with Gasteiger partial charge < -0.3 is 5.32 Å². The van der Waals surface area contributed by atoms with Crippen LogP contribution in [0.25, 0.3) is 0 Å². The van der Waals surface area contributed by atoms with Crippen LogP contribution in [0.15, 0.2) is 60.8 Å². The first-order chi connectivity index (χ1) is 14.9. The molecule has 158 valence electrons. The number of carbonyl (C=O) groups excluding carboxylic acids is 1. The number of hydrogen-bond acceptors (Lipinski definition) is 3. The predicted molar refractivity (Wildman–Crippen MR) is 123 cm³/mol. The van der Waals surface area contributed by atoms with Crippen molar-refractivity contribution in [3.8, 4) is 0 Å². The third kappa shape index (κ3) is 4.98. The summed E-state index contributed by atoms with van der Waals surface area (Å²) in [5.41, 5.74) is 4.51. The molecule has 2 heterocycles. The molecular formula is C23H21Cl2N5O. The predicted octanol–water partition coefficient (Wildman–Crippen LogP) is 5.35. The lowest BCUT2D eigenvalue weighted by Gasteiger charge is -2.07. The fraction of sp³-hybridized carbons (Fsp3) is 0.174. The molecule has 4 aromatic rings. The highest BCUT2D eigenvalue weighted by Gasteiger charge is 2.11. The molecule has 2 aromatic carbocycles. The quantitative estimate of drug-likeness (QED) is 0.427. The smallest absolute Gasteiger partial charge is 0.256 e. The van der Waals surface area contributed by atoms with Crippen LogP contribution in [0.4, 0.5) is 5.82 Å². The minimum absolute atomic E-state index is 0.223. The van der Waals surface area contributed by atoms with Crippen LogP contribution in [0.3, 0.4) is 0 Å². The molecule has 0 aliphatic carbocycles. The van der Waals surface area contributed by atoms with Crippen LogP contribution in [0.2, 0.25) is 10.0 Å². The highest BCUT2D eigenvalue weighted by Crippen LogP contribution is 2.25. The van der Waals surface area contributed by atoms with E-state index < -0.39 is 0 Å². The summed E-state index contributed by atoms with van der Waals surface area (Å²) >= 11 is 12.4. The van der Waals surface area contributed by atoms with Crippen molar-refractivity contribution in [2.24, 2.45) is 0 Å². The van der Waals surface area contributed by atoms with Gasteiger partial charge in [-0.1, -0.05) is 41.4 Å². The van der Waals surface area contributed by atoms with Gasteiger partial charge in [0.2, 0.25) is 0 Å². The summed E-state index contributed by atoms with van der Waals surface area (Å²) in [6, 6.07) is 16.6. The van der Waals surface area contributed by atoms with Crippen LogP contribution in [-0.4, -0.2) is 25.5 Å². The molecule has 0 fully saturated rings. The van der Waals surface area contributed by atoms with Gasteiger partial charge in [0.15, 0.2) is 5.82 Å². The van der Waals surface area contributed by atoms with Crippen LogP contribution in [0.5, 0.6) is 0 Å². The van der Waals surface area contributed by atoms with E-state index in [4.69, 9.17) is 23.2 Å². The first-order valence-electron chi connectivity index (χ1n) is 9.77. The molecule has 0 atom stereocenters. The van der Waals surface area contributed by atoms with E-state index in [0.717, 1.165) is 22.5 Å². The van der Waals surface area contributed by atoms with Gasteiger partial charge in [-0.05, 0) is 49.7 Å². The van der Waals surface area contributed by atoms with Crippen molar-refractivity contribution in [2.45, 2.75) is 26.9 Å². The summed E-state index contributed by atoms with van der Waals surface area (Å²) in [4.78, 5) is 12.6. The third-order valence-corrected chi connectivity index (χ3v) is 5.62. The zero-order chi connectivity index (χ0) is 22.0. The number of nitrogens with zero attached hydrogens (tertiary/aromatic N) is 4. The lowest BCUT2D eigenvalue weighted by Crippen LogP contribution is -2.13. The van der Waals surface area contributed by atoms with E-state index in [1.807, 2.05) is 36.7 Å². The van der Waals surface area contributed by atoms with Crippen LogP contribution in [0, 0.1) is 13.8 Å². The van der Waals surface area contributed by atoms with Crippen LogP contribution < -0.4 is 5.32 Å². The lowest BCUT2D eigenvalue weighted by atomic mass is 10.1. The minimum atomic E-state index is -0.223. The number of carbonyl (C=O) groups is 1. The second-order valence-electron chi connectivity index (χ2n) is 7.33. The number of halogens is 2. The zero-order valence-corrected chi connectivity index (χ0v) is 18.7. The normalized spacial score (nSPS) is 11.0. The number of anilines is 1. The van der Waals surface area contributed by atoms with E-state index in [1.54, 1.807) is 47.3 Å². The Morgan fingerprint density at radius 3 is 2.32 bits per heavy atom. The highest BCUT2D eigenvalue weighted by atomic mass is 35.5. The molecule has 6 nitrogen and oxygen atoms in total. The fourth-order valence-electron chi connectivity index (χ4n) is 3.32. The number of benzene rings is 2. The van der Waals surface area contributed by atoms with Gasteiger partial charge in [0, 0.05) is 39.1 Å². The maximum absolute atomic E-state index is 12.6. The number of nitrogens with one attached hydrogen (secondary N) is 1. The van der Waals surface area contributed by atoms with Crippen molar-refractivity contribution in [1.82, 2.24) is 19.6 Å². The molecule has 0 aliphatic rings. The molecule has 0 saturated carbocycles. The van der Waals surface area contributed by atoms with E-state index in [1.165, 1.54) is 0 Å². The largest absolute Gasteiger partial charge is 0.305 e. The maximum atomic E-state index is 12.6. The molecule has 0 spiro atoms. The first-order valence-corrected chi connectivity index (χ1v) is 10.5. The Balaban J connectivity index is 1.40. The molecule has 31 heavy (non-hydrogen) atoms. The van der Waals surface area contributed by atoms with Crippen molar-refractivity contribution in [3.63, 3.8) is 0 Å². The summed E-state index contributed by atoms with van der Waals surface area (Å²) in [5, 5.41) is 12.8. The van der Waals surface area contributed by atoms with E-state index in [0.29, 0.717) is 34.5 Å². The summed E-state index contributed by atoms with van der Waals surface area (Å²) in [5.74, 6) is 0.235. The molecule has 4 rings (SSSR count). The third-order valence-electron chi connectivity index (χ3n) is 4.92. The molecule has 0 unspecified atom stereocenters. The Morgan fingerprint density at radius 2 is 1.68 bits per heavy atom. The zero-order valence-electron chi connectivity index (χ0n) is 17.1. The van der Waals surface area contributed by atoms with Crippen molar-refractivity contribution in [3.05, 3.63) is 98.9 Å². The van der Waals surface area contributed by atoms with Crippen molar-refractivity contribution in [1.29, 1.82) is 0 Å². The van der Waals surface area contributed by atoms with Gasteiger partial charge >= 0.3 is 0 Å². The Bertz CT molecular complexity index is 1210. The fourth-order valence-corrected chi connectivity index (χ4v) is 3.84. The Kier molecular flexibility index (Phi) is 6.11. The van der Waals surface area contributed by atoms with Gasteiger partial charge in [0.25, 0.3) is 5.91 Å². The van der Waals surface area contributed by atoms with Gasteiger partial charge in [0.05, 0.1) is 18.8 Å². The molecular weight excluding hydrogens is 433 g/mol. The molecule has 0 radical (unpaired) electrons. The van der Waals surface area contributed by atoms with E-state index in [2.05, 4.69) is 15.5 Å². The summed E-state index contributed by atoms with van der Waals surface area (Å²) in [6.45, 7) is 5.08. The number of rotatable bonds is 6. The van der Waals surface area contributed by atoms with Crippen LogP contribution in [0.1, 0.15) is 32.9 Å². The van der Waals surface area contributed by atoms with Crippen molar-refractivity contribution >= 4 is 34.9 Å². The molecule has 2 aromatic heterocycles. The lowest BCUT2D eigenvalue weighted by molar-refractivity contribution is 0.102. The number of aryl methyl sites for hydroxylation is 2. The summed E-state index contributed by atoms with van der Waals surface area (Å²) in [6.07, 6.45) is 1.77. The minimum Gasteiger partial charge on any atom is -0.305 e. The van der Waals surface area contributed by atoms with Crippen molar-refractivity contribution in [2.75, 3.05) is 5.32 Å². The first kappa shape index (κ1) is 21.2. The monoisotopic (exact) mass is 453 g/mol. The molecule has 1 amide bonds. The highest BCUT2D eigenvalue weighted by molar-refractivity contribution is 6.35. The Labute approximate surface area is 190 Å². The van der Waals surface area contributed by atoms with Gasteiger partial charge in [0.1, 0.15) is 0 Å². The molecule has 0 saturated heterocycles. The topological polar surface area (TPSA) is 64.7 Å². The van der Waals surface area contributed by atoms with Crippen LogP contribution in [-0.2, 0) is 13.1 Å². The average Bonchev–Trinajstić information content (AvgIpc) is 3.30. The average molecular weight is 454 g/mol. The standard InChI is InChI=1S/C23H21Cl2N5O/c1-15-12-16(2)30(27-15)13-17-6-8-18(9-7-17)23(31)26-22-10-11-29(28-22)14-19-20(24)4-3-5-21(19)25/h3-12H,13-14H2,1-2H3,(H,26,28,31). The van der Waals surface area contributed by atoms with Gasteiger partial charge in [-0.25, -0.2) is 0 Å². The molecule has 8 heteroatoms. The second kappa shape index (κ2) is 8.96. The number of hydrogen-bond donors (Lipinski definition) is 1. The summed E-state index contributed by atoms with van der Waals surface area (Å²) in [7, 11) is 0. The van der Waals surface area contributed by atoms with Gasteiger partial charge in [-0.15, -0.1) is 0 Å². The van der Waals surface area contributed by atoms with Gasteiger partial charge in [-0.2, -0.15) is 10.2 Å². The van der Waals surface area contributed by atoms with Gasteiger partial charge in [-0.3, -0.25) is 14.2 Å². The van der Waals surface area contributed by atoms with Crippen LogP contribution >= 0.6 is 23.2 Å². The number of amides is 1. The van der Waals surface area contributed by atoms with E-state index in [-0.39, 0.29) is 5.91 Å². The number of aromatic nitrogens is 4. The SMILES string of the molecule is Cc1cc(C)n(Cc2ccc(C(=O)Nc3ccn(Cc4c(Cl)cccc4Cl)n3)cc2)n1. The van der Waals surface area contributed by atoms with Crippen molar-refractivity contribution < 1.29 is 4.79 Å². The Hall–Kier alpha value is -3.09. The summed E-state index contributed by atoms with van der Waals surface area (Å²) < 4.78 is 3.63. The van der Waals surface area contributed by atoms with E-state index in [9.17, 15) is 4.79 Å². The molecule has 0 aliphatic heterocycles.